The van der Waals surface area contributed by atoms with Crippen LogP contribution in [0.15, 0.2) is 36.8 Å². The van der Waals surface area contributed by atoms with Crippen molar-refractivity contribution in [3.8, 4) is 11.3 Å². The highest BCUT2D eigenvalue weighted by molar-refractivity contribution is 6.33. The first-order valence-corrected chi connectivity index (χ1v) is 7.01. The summed E-state index contributed by atoms with van der Waals surface area (Å²) in [5, 5.41) is 0.801. The number of hydrogen-bond acceptors (Lipinski definition) is 1. The molecule has 18 heavy (non-hydrogen) atoms. The highest BCUT2D eigenvalue weighted by atomic mass is 35.5. The van der Waals surface area contributed by atoms with E-state index in [9.17, 15) is 0 Å². The molecule has 0 aliphatic heterocycles. The van der Waals surface area contributed by atoms with Crippen LogP contribution in [0.2, 0.25) is 5.02 Å². The Morgan fingerprint density at radius 1 is 1.11 bits per heavy atom. The Kier molecular flexibility index (Phi) is 3.37. The minimum atomic E-state index is 0.590. The van der Waals surface area contributed by atoms with Gasteiger partial charge in [-0.15, -0.1) is 0 Å². The molecule has 0 amide bonds. The van der Waals surface area contributed by atoms with Gasteiger partial charge in [0, 0.05) is 16.6 Å². The molecule has 0 N–H and O–H groups in total. The van der Waals surface area contributed by atoms with Gasteiger partial charge in [0.25, 0.3) is 0 Å². The van der Waals surface area contributed by atoms with Gasteiger partial charge in [-0.3, -0.25) is 0 Å². The van der Waals surface area contributed by atoms with Gasteiger partial charge in [-0.05, 0) is 18.9 Å². The second kappa shape index (κ2) is 5.15. The van der Waals surface area contributed by atoms with E-state index in [1.165, 1.54) is 32.1 Å². The largest absolute Gasteiger partial charge is 0.327 e. The predicted octanol–water partition coefficient (Wildman–Crippen LogP) is 4.71. The monoisotopic (exact) mass is 260 g/mol. The van der Waals surface area contributed by atoms with Crippen LogP contribution in [0.25, 0.3) is 11.3 Å². The van der Waals surface area contributed by atoms with Crippen LogP contribution < -0.4 is 0 Å². The van der Waals surface area contributed by atoms with E-state index in [4.69, 9.17) is 11.6 Å². The fourth-order valence-corrected chi connectivity index (χ4v) is 3.06. The third-order valence-corrected chi connectivity index (χ3v) is 4.11. The summed E-state index contributed by atoms with van der Waals surface area (Å²) < 4.78 is 2.31. The Balaban J connectivity index is 1.98. The molecule has 3 rings (SSSR count). The molecule has 2 aromatic rings. The highest BCUT2D eigenvalue weighted by Crippen LogP contribution is 2.34. The molecule has 0 saturated heterocycles. The maximum atomic E-state index is 6.29. The van der Waals surface area contributed by atoms with E-state index < -0.39 is 0 Å². The minimum absolute atomic E-state index is 0.590. The lowest BCUT2D eigenvalue weighted by Gasteiger charge is -2.25. The van der Waals surface area contributed by atoms with Crippen molar-refractivity contribution in [2.75, 3.05) is 0 Å². The number of aromatic nitrogens is 2. The van der Waals surface area contributed by atoms with E-state index in [-0.39, 0.29) is 0 Å². The highest BCUT2D eigenvalue weighted by Gasteiger charge is 2.18. The van der Waals surface area contributed by atoms with Crippen molar-refractivity contribution in [1.29, 1.82) is 0 Å². The van der Waals surface area contributed by atoms with Crippen LogP contribution in [0, 0.1) is 0 Å². The predicted molar refractivity (Wildman–Crippen MR) is 74.8 cm³/mol. The lowest BCUT2D eigenvalue weighted by molar-refractivity contribution is 0.355. The molecule has 1 aromatic carbocycles. The van der Waals surface area contributed by atoms with Gasteiger partial charge >= 0.3 is 0 Å². The normalized spacial score (nSPS) is 16.9. The Morgan fingerprint density at radius 3 is 2.67 bits per heavy atom. The van der Waals surface area contributed by atoms with Gasteiger partial charge in [0.05, 0.1) is 18.2 Å². The van der Waals surface area contributed by atoms with Gasteiger partial charge in [-0.2, -0.15) is 0 Å². The van der Waals surface area contributed by atoms with E-state index in [0.29, 0.717) is 6.04 Å². The summed E-state index contributed by atoms with van der Waals surface area (Å²) in [7, 11) is 0. The average Bonchev–Trinajstić information content (AvgIpc) is 2.89. The average molecular weight is 261 g/mol. The molecule has 1 saturated carbocycles. The van der Waals surface area contributed by atoms with Crippen LogP contribution in [0.1, 0.15) is 38.1 Å². The topological polar surface area (TPSA) is 17.8 Å². The fraction of sp³-hybridized carbons (Fsp3) is 0.400. The second-order valence-electron chi connectivity index (χ2n) is 4.96. The SMILES string of the molecule is Clc1ccccc1-c1cncn1C1CCCCC1. The van der Waals surface area contributed by atoms with E-state index in [1.54, 1.807) is 0 Å². The molecule has 1 fully saturated rings. The summed E-state index contributed by atoms with van der Waals surface area (Å²) in [6.45, 7) is 0. The smallest absolute Gasteiger partial charge is 0.0953 e. The second-order valence-corrected chi connectivity index (χ2v) is 5.37. The maximum Gasteiger partial charge on any atom is 0.0953 e. The molecular formula is C15H17ClN2. The van der Waals surface area contributed by atoms with Gasteiger partial charge in [-0.1, -0.05) is 49.1 Å². The van der Waals surface area contributed by atoms with Crippen molar-refractivity contribution >= 4 is 11.6 Å². The van der Waals surface area contributed by atoms with Gasteiger partial charge in [0.15, 0.2) is 0 Å². The van der Waals surface area contributed by atoms with Crippen molar-refractivity contribution in [1.82, 2.24) is 9.55 Å². The quantitative estimate of drug-likeness (QED) is 0.765. The molecule has 0 radical (unpaired) electrons. The van der Waals surface area contributed by atoms with Crippen molar-refractivity contribution in [3.63, 3.8) is 0 Å². The van der Waals surface area contributed by atoms with E-state index >= 15 is 0 Å². The summed E-state index contributed by atoms with van der Waals surface area (Å²) in [6, 6.07) is 8.59. The molecule has 0 spiro atoms. The molecule has 3 heteroatoms. The first kappa shape index (κ1) is 11.8. The zero-order valence-corrected chi connectivity index (χ0v) is 11.1. The van der Waals surface area contributed by atoms with Crippen LogP contribution in [-0.4, -0.2) is 9.55 Å². The Bertz CT molecular complexity index is 527. The van der Waals surface area contributed by atoms with Crippen molar-refractivity contribution in [2.24, 2.45) is 0 Å². The lowest BCUT2D eigenvalue weighted by atomic mass is 9.95. The summed E-state index contributed by atoms with van der Waals surface area (Å²) in [5.41, 5.74) is 2.23. The molecule has 1 aromatic heterocycles. The lowest BCUT2D eigenvalue weighted by Crippen LogP contribution is -2.12. The fourth-order valence-electron chi connectivity index (χ4n) is 2.83. The van der Waals surface area contributed by atoms with Crippen molar-refractivity contribution in [2.45, 2.75) is 38.1 Å². The third kappa shape index (κ3) is 2.17. The standard InChI is InChI=1S/C15H17ClN2/c16-14-9-5-4-8-13(14)15-10-17-11-18(15)12-6-2-1-3-7-12/h4-5,8-12H,1-3,6-7H2. The zero-order valence-electron chi connectivity index (χ0n) is 10.3. The van der Waals surface area contributed by atoms with E-state index in [1.807, 2.05) is 30.7 Å². The van der Waals surface area contributed by atoms with Crippen molar-refractivity contribution < 1.29 is 0 Å². The van der Waals surface area contributed by atoms with Crippen LogP contribution >= 0.6 is 11.6 Å². The Morgan fingerprint density at radius 2 is 1.89 bits per heavy atom. The van der Waals surface area contributed by atoms with Gasteiger partial charge in [0.2, 0.25) is 0 Å². The molecular weight excluding hydrogens is 244 g/mol. The number of imidazole rings is 1. The van der Waals surface area contributed by atoms with Crippen LogP contribution in [-0.2, 0) is 0 Å². The number of rotatable bonds is 2. The molecule has 1 aliphatic rings. The summed E-state index contributed by atoms with van der Waals surface area (Å²) in [6.07, 6.45) is 10.4. The molecule has 1 aliphatic carbocycles. The Hall–Kier alpha value is -1.28. The zero-order chi connectivity index (χ0) is 12.4. The number of nitrogens with zero attached hydrogens (tertiary/aromatic N) is 2. The molecule has 0 bridgehead atoms. The number of benzene rings is 1. The number of halogens is 1. The third-order valence-electron chi connectivity index (χ3n) is 3.78. The summed E-state index contributed by atoms with van der Waals surface area (Å²) in [4.78, 5) is 4.32. The van der Waals surface area contributed by atoms with Crippen molar-refractivity contribution in [3.05, 3.63) is 41.8 Å². The first-order chi connectivity index (χ1) is 8.86. The van der Waals surface area contributed by atoms with Gasteiger partial charge in [0.1, 0.15) is 0 Å². The summed E-state index contributed by atoms with van der Waals surface area (Å²) in [5.74, 6) is 0. The van der Waals surface area contributed by atoms with Gasteiger partial charge < -0.3 is 4.57 Å². The first-order valence-electron chi connectivity index (χ1n) is 6.63. The van der Waals surface area contributed by atoms with E-state index in [2.05, 4.69) is 15.6 Å². The van der Waals surface area contributed by atoms with Crippen LogP contribution in [0.5, 0.6) is 0 Å². The molecule has 0 atom stereocenters. The van der Waals surface area contributed by atoms with Crippen LogP contribution in [0.4, 0.5) is 0 Å². The minimum Gasteiger partial charge on any atom is -0.327 e. The molecule has 1 heterocycles. The van der Waals surface area contributed by atoms with Gasteiger partial charge in [-0.25, -0.2) is 4.98 Å². The molecule has 2 nitrogen and oxygen atoms in total. The maximum absolute atomic E-state index is 6.29. The molecule has 0 unspecified atom stereocenters. The van der Waals surface area contributed by atoms with E-state index in [0.717, 1.165) is 16.3 Å². The number of hydrogen-bond donors (Lipinski definition) is 0. The Labute approximate surface area is 113 Å². The van der Waals surface area contributed by atoms with Crippen LogP contribution in [0.3, 0.4) is 0 Å². The summed E-state index contributed by atoms with van der Waals surface area (Å²) >= 11 is 6.29. The molecule has 94 valence electrons.